The van der Waals surface area contributed by atoms with Crippen LogP contribution in [0.15, 0.2) is 0 Å². The maximum Gasteiger partial charge on any atom is 0.232 e. The zero-order chi connectivity index (χ0) is 14.9. The van der Waals surface area contributed by atoms with Gasteiger partial charge in [0.15, 0.2) is 12.1 Å². The van der Waals surface area contributed by atoms with Gasteiger partial charge in [0.2, 0.25) is 5.91 Å². The van der Waals surface area contributed by atoms with E-state index in [1.165, 1.54) is 0 Å². The fraction of sp³-hybridized carbons (Fsp3) is 0.929. The van der Waals surface area contributed by atoms with Crippen molar-refractivity contribution in [2.24, 2.45) is 5.92 Å². The van der Waals surface area contributed by atoms with Crippen molar-refractivity contribution in [1.82, 2.24) is 4.90 Å². The van der Waals surface area contributed by atoms with Crippen molar-refractivity contribution in [2.75, 3.05) is 13.7 Å². The molecule has 0 aromatic rings. The number of amides is 1. The number of rotatable bonds is 2. The maximum absolute atomic E-state index is 11.8. The molecule has 0 bridgehead atoms. The Balaban J connectivity index is 1.49. The Morgan fingerprint density at radius 3 is 2.67 bits per heavy atom. The van der Waals surface area contributed by atoms with Crippen LogP contribution < -0.4 is 0 Å². The molecule has 1 amide bonds. The van der Waals surface area contributed by atoms with Crippen molar-refractivity contribution < 1.29 is 28.5 Å². The minimum Gasteiger partial charge on any atom is -0.376 e. The van der Waals surface area contributed by atoms with Crippen LogP contribution in [-0.2, 0) is 28.5 Å². The molecule has 4 fully saturated rings. The molecule has 7 atom stereocenters. The van der Waals surface area contributed by atoms with Crippen molar-refractivity contribution in [2.45, 2.75) is 63.5 Å². The van der Waals surface area contributed by atoms with E-state index in [0.717, 1.165) is 0 Å². The maximum atomic E-state index is 11.8. The van der Waals surface area contributed by atoms with Crippen LogP contribution in [0.3, 0.4) is 0 Å². The second-order valence-corrected chi connectivity index (χ2v) is 6.61. The monoisotopic (exact) mass is 299 g/mol. The van der Waals surface area contributed by atoms with Gasteiger partial charge in [0.25, 0.3) is 0 Å². The first-order valence-corrected chi connectivity index (χ1v) is 7.41. The van der Waals surface area contributed by atoms with Gasteiger partial charge in [-0.25, -0.2) is 0 Å². The van der Waals surface area contributed by atoms with E-state index in [2.05, 4.69) is 0 Å². The molecule has 0 aliphatic carbocycles. The Labute approximate surface area is 123 Å². The molecule has 7 heteroatoms. The molecule has 7 nitrogen and oxygen atoms in total. The van der Waals surface area contributed by atoms with Crippen LogP contribution in [0.2, 0.25) is 0 Å². The minimum atomic E-state index is -0.666. The molecule has 4 aliphatic rings. The molecule has 0 spiro atoms. The SMILES string of the molecule is CO[C@@H]1[C@H]2OC(C)(C)O[C@H]2O[C@@H]1[C@H]1CN2C(=O)[C@H](C)[C@@H]2O1. The summed E-state index contributed by atoms with van der Waals surface area (Å²) in [6, 6.07) is 0. The van der Waals surface area contributed by atoms with E-state index in [4.69, 9.17) is 23.7 Å². The summed E-state index contributed by atoms with van der Waals surface area (Å²) in [6.45, 7) is 6.14. The largest absolute Gasteiger partial charge is 0.376 e. The summed E-state index contributed by atoms with van der Waals surface area (Å²) < 4.78 is 29.1. The fourth-order valence-corrected chi connectivity index (χ4v) is 3.75. The molecule has 21 heavy (non-hydrogen) atoms. The van der Waals surface area contributed by atoms with Crippen LogP contribution in [0.1, 0.15) is 20.8 Å². The Bertz CT molecular complexity index is 468. The molecule has 118 valence electrons. The number of ether oxygens (including phenoxy) is 5. The first kappa shape index (κ1) is 13.9. The lowest BCUT2D eigenvalue weighted by Crippen LogP contribution is -2.56. The average Bonchev–Trinajstić information content (AvgIpc) is 3.05. The Morgan fingerprint density at radius 1 is 1.24 bits per heavy atom. The lowest BCUT2D eigenvalue weighted by molar-refractivity contribution is -0.231. The Kier molecular flexibility index (Phi) is 2.91. The van der Waals surface area contributed by atoms with E-state index in [-0.39, 0.29) is 42.5 Å². The second kappa shape index (κ2) is 4.39. The van der Waals surface area contributed by atoms with E-state index >= 15 is 0 Å². The number of β-lactam (4-membered cyclic amide) rings is 1. The second-order valence-electron chi connectivity index (χ2n) is 6.61. The third kappa shape index (κ3) is 1.88. The van der Waals surface area contributed by atoms with Gasteiger partial charge in [0, 0.05) is 7.11 Å². The van der Waals surface area contributed by atoms with Crippen molar-refractivity contribution in [3.63, 3.8) is 0 Å². The molecule has 0 N–H and O–H groups in total. The zero-order valence-electron chi connectivity index (χ0n) is 12.6. The van der Waals surface area contributed by atoms with Crippen LogP contribution in [0, 0.1) is 5.92 Å². The first-order valence-electron chi connectivity index (χ1n) is 7.41. The summed E-state index contributed by atoms with van der Waals surface area (Å²) in [5.74, 6) is -0.590. The van der Waals surface area contributed by atoms with Gasteiger partial charge in [-0.15, -0.1) is 0 Å². The number of hydrogen-bond acceptors (Lipinski definition) is 6. The molecule has 4 saturated heterocycles. The Hall–Kier alpha value is -0.730. The number of nitrogens with zero attached hydrogens (tertiary/aromatic N) is 1. The van der Waals surface area contributed by atoms with Gasteiger partial charge in [-0.1, -0.05) is 0 Å². The summed E-state index contributed by atoms with van der Waals surface area (Å²) in [4.78, 5) is 13.5. The van der Waals surface area contributed by atoms with Gasteiger partial charge in [0.05, 0.1) is 12.5 Å². The molecule has 4 heterocycles. The molecular formula is C14H21NO6. The number of hydrogen-bond donors (Lipinski definition) is 0. The summed E-state index contributed by atoms with van der Waals surface area (Å²) in [7, 11) is 1.63. The smallest absolute Gasteiger partial charge is 0.232 e. The first-order chi connectivity index (χ1) is 9.91. The van der Waals surface area contributed by atoms with E-state index in [0.29, 0.717) is 6.54 Å². The molecule has 0 saturated carbocycles. The summed E-state index contributed by atoms with van der Waals surface area (Å²) >= 11 is 0. The lowest BCUT2D eigenvalue weighted by Gasteiger charge is -2.38. The lowest BCUT2D eigenvalue weighted by atomic mass is 9.99. The standard InChI is InChI=1S/C14H21NO6/c1-6-11(16)15-5-7(18-12(6)15)8-9(17-4)10-13(19-8)21-14(2,3)20-10/h6-10,12-13H,5H2,1-4H3/t6-,7+,8+,9-,10+,12-,13+/m0/s1. The Morgan fingerprint density at radius 2 is 2.00 bits per heavy atom. The summed E-state index contributed by atoms with van der Waals surface area (Å²) in [6.07, 6.45) is -1.57. The third-order valence-corrected chi connectivity index (χ3v) is 4.76. The molecule has 0 aromatic heterocycles. The number of carbonyl (C=O) groups excluding carboxylic acids is 1. The van der Waals surface area contributed by atoms with Gasteiger partial charge in [-0.05, 0) is 20.8 Å². The number of fused-ring (bicyclic) bond motifs is 2. The highest BCUT2D eigenvalue weighted by atomic mass is 16.8. The number of carbonyl (C=O) groups is 1. The van der Waals surface area contributed by atoms with Crippen molar-refractivity contribution >= 4 is 5.91 Å². The van der Waals surface area contributed by atoms with E-state index < -0.39 is 12.1 Å². The van der Waals surface area contributed by atoms with Crippen LogP contribution >= 0.6 is 0 Å². The van der Waals surface area contributed by atoms with Crippen molar-refractivity contribution in [3.05, 3.63) is 0 Å². The van der Waals surface area contributed by atoms with Crippen LogP contribution in [0.25, 0.3) is 0 Å². The fourth-order valence-electron chi connectivity index (χ4n) is 3.75. The third-order valence-electron chi connectivity index (χ3n) is 4.76. The van der Waals surface area contributed by atoms with Gasteiger partial charge >= 0.3 is 0 Å². The highest BCUT2D eigenvalue weighted by molar-refractivity contribution is 5.85. The normalized spacial score (nSPS) is 51.0. The highest BCUT2D eigenvalue weighted by Gasteiger charge is 2.61. The van der Waals surface area contributed by atoms with Gasteiger partial charge < -0.3 is 28.6 Å². The summed E-state index contributed by atoms with van der Waals surface area (Å²) in [5, 5.41) is 0. The summed E-state index contributed by atoms with van der Waals surface area (Å²) in [5.41, 5.74) is 0. The number of methoxy groups -OCH3 is 1. The predicted molar refractivity (Wildman–Crippen MR) is 69.0 cm³/mol. The van der Waals surface area contributed by atoms with E-state index in [1.54, 1.807) is 12.0 Å². The zero-order valence-corrected chi connectivity index (χ0v) is 12.6. The molecular weight excluding hydrogens is 278 g/mol. The molecule has 0 unspecified atom stereocenters. The predicted octanol–water partition coefficient (Wildman–Crippen LogP) is 0.0810. The average molecular weight is 299 g/mol. The minimum absolute atomic E-state index is 0.0664. The van der Waals surface area contributed by atoms with E-state index in [9.17, 15) is 4.79 Å². The molecule has 0 aromatic carbocycles. The van der Waals surface area contributed by atoms with E-state index in [1.807, 2.05) is 20.8 Å². The van der Waals surface area contributed by atoms with Crippen LogP contribution in [0.4, 0.5) is 0 Å². The van der Waals surface area contributed by atoms with Crippen molar-refractivity contribution in [3.8, 4) is 0 Å². The topological polar surface area (TPSA) is 66.5 Å². The van der Waals surface area contributed by atoms with Crippen LogP contribution in [-0.4, -0.2) is 67.2 Å². The molecule has 4 rings (SSSR count). The molecule has 4 aliphatic heterocycles. The highest BCUT2D eigenvalue weighted by Crippen LogP contribution is 2.43. The van der Waals surface area contributed by atoms with Gasteiger partial charge in [-0.3, -0.25) is 4.79 Å². The quantitative estimate of drug-likeness (QED) is 0.673. The van der Waals surface area contributed by atoms with Crippen LogP contribution in [0.5, 0.6) is 0 Å². The molecule has 0 radical (unpaired) electrons. The van der Waals surface area contributed by atoms with Crippen molar-refractivity contribution in [1.29, 1.82) is 0 Å². The van der Waals surface area contributed by atoms with Gasteiger partial charge in [0.1, 0.15) is 30.6 Å². The van der Waals surface area contributed by atoms with Gasteiger partial charge in [-0.2, -0.15) is 0 Å².